The van der Waals surface area contributed by atoms with Gasteiger partial charge in [-0.3, -0.25) is 4.68 Å². The molecule has 1 heterocycles. The molecule has 0 spiro atoms. The Balaban J connectivity index is 2.42. The topological polar surface area (TPSA) is 17.8 Å². The van der Waals surface area contributed by atoms with Crippen molar-refractivity contribution in [3.05, 3.63) is 17.4 Å². The van der Waals surface area contributed by atoms with Gasteiger partial charge < -0.3 is 0 Å². The summed E-state index contributed by atoms with van der Waals surface area (Å²) in [6.07, 6.45) is 4.48. The van der Waals surface area contributed by atoms with E-state index >= 15 is 0 Å². The summed E-state index contributed by atoms with van der Waals surface area (Å²) < 4.78 is 1.82. The predicted molar refractivity (Wildman–Crippen MR) is 45.7 cm³/mol. The Kier molecular flexibility index (Phi) is 3.09. The van der Waals surface area contributed by atoms with Crippen molar-refractivity contribution in [3.63, 3.8) is 0 Å². The van der Waals surface area contributed by atoms with Crippen molar-refractivity contribution >= 4 is 24.2 Å². The highest BCUT2D eigenvalue weighted by atomic mass is 35.5. The lowest BCUT2D eigenvalue weighted by Crippen LogP contribution is -1.97. The minimum atomic E-state index is 0.694. The van der Waals surface area contributed by atoms with Crippen LogP contribution in [0.2, 0.25) is 5.02 Å². The van der Waals surface area contributed by atoms with Gasteiger partial charge >= 0.3 is 0 Å². The molecule has 0 unspecified atom stereocenters. The van der Waals surface area contributed by atoms with Gasteiger partial charge in [-0.05, 0) is 12.2 Å². The Hall–Kier alpha value is -0.150. The number of hydrogen-bond acceptors (Lipinski definition) is 2. The Morgan fingerprint density at radius 3 is 3.00 bits per heavy atom. The highest BCUT2D eigenvalue weighted by Crippen LogP contribution is 2.04. The maximum atomic E-state index is 5.64. The zero-order chi connectivity index (χ0) is 7.40. The second-order valence-electron chi connectivity index (χ2n) is 2.00. The molecule has 0 bridgehead atoms. The fourth-order valence-corrected chi connectivity index (χ4v) is 0.991. The van der Waals surface area contributed by atoms with E-state index in [-0.39, 0.29) is 0 Å². The van der Waals surface area contributed by atoms with Crippen LogP contribution in [0.15, 0.2) is 12.4 Å². The van der Waals surface area contributed by atoms with Crippen LogP contribution in [0.1, 0.15) is 6.42 Å². The molecule has 0 aliphatic carbocycles. The Morgan fingerprint density at radius 1 is 1.70 bits per heavy atom. The molecule has 4 heteroatoms. The fraction of sp³-hybridized carbons (Fsp3) is 0.500. The Bertz CT molecular complexity index is 199. The number of halogens is 1. The molecule has 10 heavy (non-hydrogen) atoms. The average Bonchev–Trinajstić information content (AvgIpc) is 2.31. The van der Waals surface area contributed by atoms with Gasteiger partial charge in [0.25, 0.3) is 0 Å². The maximum absolute atomic E-state index is 5.64. The second-order valence-corrected chi connectivity index (χ2v) is 2.88. The summed E-state index contributed by atoms with van der Waals surface area (Å²) in [5.41, 5.74) is 0. The van der Waals surface area contributed by atoms with E-state index < -0.39 is 0 Å². The first kappa shape index (κ1) is 7.95. The van der Waals surface area contributed by atoms with E-state index in [0.29, 0.717) is 5.02 Å². The average molecular weight is 177 g/mol. The SMILES string of the molecule is SCCCn1cc(Cl)cn1. The van der Waals surface area contributed by atoms with Crippen molar-refractivity contribution in [2.24, 2.45) is 0 Å². The monoisotopic (exact) mass is 176 g/mol. The summed E-state index contributed by atoms with van der Waals surface area (Å²) in [4.78, 5) is 0. The second kappa shape index (κ2) is 3.88. The smallest absolute Gasteiger partial charge is 0.0785 e. The molecule has 2 nitrogen and oxygen atoms in total. The van der Waals surface area contributed by atoms with E-state index in [4.69, 9.17) is 11.6 Å². The van der Waals surface area contributed by atoms with E-state index in [1.54, 1.807) is 6.20 Å². The van der Waals surface area contributed by atoms with Crippen LogP contribution in [0.4, 0.5) is 0 Å². The largest absolute Gasteiger partial charge is 0.271 e. The molecule has 0 aliphatic rings. The lowest BCUT2D eigenvalue weighted by molar-refractivity contribution is 0.607. The minimum Gasteiger partial charge on any atom is -0.271 e. The van der Waals surface area contributed by atoms with E-state index in [1.165, 1.54) is 0 Å². The third-order valence-corrected chi connectivity index (χ3v) is 1.66. The van der Waals surface area contributed by atoms with Crippen LogP contribution in [-0.2, 0) is 6.54 Å². The van der Waals surface area contributed by atoms with Gasteiger partial charge in [0.2, 0.25) is 0 Å². The van der Waals surface area contributed by atoms with Crippen LogP contribution in [0.3, 0.4) is 0 Å². The Labute approximate surface area is 70.6 Å². The molecular formula is C6H9ClN2S. The molecule has 0 fully saturated rings. The van der Waals surface area contributed by atoms with Crippen molar-refractivity contribution in [2.75, 3.05) is 5.75 Å². The van der Waals surface area contributed by atoms with Gasteiger partial charge in [0.05, 0.1) is 11.2 Å². The first-order chi connectivity index (χ1) is 4.83. The van der Waals surface area contributed by atoms with Gasteiger partial charge in [-0.15, -0.1) is 0 Å². The van der Waals surface area contributed by atoms with Crippen molar-refractivity contribution in [1.29, 1.82) is 0 Å². The number of aromatic nitrogens is 2. The maximum Gasteiger partial charge on any atom is 0.0785 e. The van der Waals surface area contributed by atoms with E-state index in [9.17, 15) is 0 Å². The van der Waals surface area contributed by atoms with Crippen LogP contribution >= 0.6 is 24.2 Å². The van der Waals surface area contributed by atoms with Gasteiger partial charge in [0.1, 0.15) is 0 Å². The predicted octanol–water partition coefficient (Wildman–Crippen LogP) is 1.86. The van der Waals surface area contributed by atoms with Crippen molar-refractivity contribution in [3.8, 4) is 0 Å². The first-order valence-corrected chi connectivity index (χ1v) is 4.13. The molecule has 1 aromatic rings. The van der Waals surface area contributed by atoms with Crippen LogP contribution < -0.4 is 0 Å². The summed E-state index contributed by atoms with van der Waals surface area (Å²) >= 11 is 9.72. The van der Waals surface area contributed by atoms with E-state index in [1.807, 2.05) is 10.9 Å². The molecule has 1 aromatic heterocycles. The molecule has 0 aliphatic heterocycles. The highest BCUT2D eigenvalue weighted by molar-refractivity contribution is 7.80. The molecule has 56 valence electrons. The van der Waals surface area contributed by atoms with Crippen LogP contribution in [-0.4, -0.2) is 15.5 Å². The molecule has 0 radical (unpaired) electrons. The zero-order valence-corrected chi connectivity index (χ0v) is 7.15. The summed E-state index contributed by atoms with van der Waals surface area (Å²) in [6, 6.07) is 0. The summed E-state index contributed by atoms with van der Waals surface area (Å²) in [5, 5.41) is 4.70. The third kappa shape index (κ3) is 2.23. The summed E-state index contributed by atoms with van der Waals surface area (Å²) in [5.74, 6) is 0.886. The highest BCUT2D eigenvalue weighted by Gasteiger charge is 1.92. The summed E-state index contributed by atoms with van der Waals surface area (Å²) in [6.45, 7) is 0.899. The molecule has 0 N–H and O–H groups in total. The number of nitrogens with zero attached hydrogens (tertiary/aromatic N) is 2. The normalized spacial score (nSPS) is 10.2. The number of rotatable bonds is 3. The lowest BCUT2D eigenvalue weighted by Gasteiger charge is -1.95. The van der Waals surface area contributed by atoms with Gasteiger partial charge in [-0.2, -0.15) is 17.7 Å². The number of aryl methyl sites for hydroxylation is 1. The third-order valence-electron chi connectivity index (χ3n) is 1.15. The van der Waals surface area contributed by atoms with E-state index in [0.717, 1.165) is 18.7 Å². The van der Waals surface area contributed by atoms with Crippen molar-refractivity contribution in [2.45, 2.75) is 13.0 Å². The van der Waals surface area contributed by atoms with Crippen LogP contribution in [0.25, 0.3) is 0 Å². The van der Waals surface area contributed by atoms with Gasteiger partial charge in [-0.25, -0.2) is 0 Å². The molecule has 1 rings (SSSR count). The minimum absolute atomic E-state index is 0.694. The van der Waals surface area contributed by atoms with E-state index in [2.05, 4.69) is 17.7 Å². The molecule has 0 atom stereocenters. The number of thiol groups is 1. The molecular weight excluding hydrogens is 168 g/mol. The van der Waals surface area contributed by atoms with Crippen molar-refractivity contribution in [1.82, 2.24) is 9.78 Å². The van der Waals surface area contributed by atoms with Crippen LogP contribution in [0, 0.1) is 0 Å². The summed E-state index contributed by atoms with van der Waals surface area (Å²) in [7, 11) is 0. The quantitative estimate of drug-likeness (QED) is 0.697. The van der Waals surface area contributed by atoms with Crippen LogP contribution in [0.5, 0.6) is 0 Å². The van der Waals surface area contributed by atoms with Gasteiger partial charge in [0, 0.05) is 12.7 Å². The molecule has 0 saturated heterocycles. The first-order valence-electron chi connectivity index (χ1n) is 3.12. The fourth-order valence-electron chi connectivity index (χ4n) is 0.693. The molecule has 0 aromatic carbocycles. The van der Waals surface area contributed by atoms with Gasteiger partial charge in [-0.1, -0.05) is 11.6 Å². The molecule has 0 amide bonds. The Morgan fingerprint density at radius 2 is 2.50 bits per heavy atom. The standard InChI is InChI=1S/C6H9ClN2S/c7-6-4-8-9(5-6)2-1-3-10/h4-5,10H,1-3H2. The molecule has 0 saturated carbocycles. The van der Waals surface area contributed by atoms with Crippen molar-refractivity contribution < 1.29 is 0 Å². The number of hydrogen-bond donors (Lipinski definition) is 1. The zero-order valence-electron chi connectivity index (χ0n) is 5.50. The van der Waals surface area contributed by atoms with Gasteiger partial charge in [0.15, 0.2) is 0 Å². The lowest BCUT2D eigenvalue weighted by atomic mass is 10.5.